The van der Waals surface area contributed by atoms with Gasteiger partial charge in [0, 0.05) is 17.1 Å². The Morgan fingerprint density at radius 1 is 0.479 bits per heavy atom. The molecule has 0 atom stereocenters. The van der Waals surface area contributed by atoms with Crippen molar-refractivity contribution in [1.82, 2.24) is 0 Å². The van der Waals surface area contributed by atoms with Gasteiger partial charge in [-0.15, -0.1) is 0 Å². The van der Waals surface area contributed by atoms with Gasteiger partial charge in [-0.2, -0.15) is 0 Å². The van der Waals surface area contributed by atoms with E-state index in [1.54, 1.807) is 13.8 Å². The van der Waals surface area contributed by atoms with E-state index in [1.165, 1.54) is 43.8 Å². The highest BCUT2D eigenvalue weighted by molar-refractivity contribution is 6.47. The van der Waals surface area contributed by atoms with Crippen molar-refractivity contribution in [3.63, 3.8) is 0 Å². The Balaban J connectivity index is 1.24. The molecule has 0 aromatic heterocycles. The van der Waals surface area contributed by atoms with Crippen molar-refractivity contribution in [3.05, 3.63) is 158 Å². The summed E-state index contributed by atoms with van der Waals surface area (Å²) in [6, 6.07) is 56.3. The van der Waals surface area contributed by atoms with Crippen LogP contribution in [-0.4, -0.2) is 23.8 Å². The molecule has 0 saturated heterocycles. The highest BCUT2D eigenvalue weighted by Gasteiger charge is 2.35. The van der Waals surface area contributed by atoms with Gasteiger partial charge in [0.15, 0.2) is 0 Å². The van der Waals surface area contributed by atoms with Crippen molar-refractivity contribution in [2.75, 3.05) is 4.90 Å². The largest absolute Gasteiger partial charge is 0.427 e. The second-order valence-electron chi connectivity index (χ2n) is 13.5. The van der Waals surface area contributed by atoms with E-state index in [2.05, 4.69) is 163 Å². The first-order valence-corrected chi connectivity index (χ1v) is 16.6. The van der Waals surface area contributed by atoms with Crippen LogP contribution in [-0.2, 0) is 4.65 Å². The Morgan fingerprint density at radius 2 is 0.875 bits per heavy atom. The molecule has 7 aromatic rings. The van der Waals surface area contributed by atoms with Crippen LogP contribution < -0.4 is 10.4 Å². The molecule has 0 unspecified atom stereocenters. The smallest absolute Gasteiger partial charge is 0.309 e. The minimum Gasteiger partial charge on any atom is -0.427 e. The molecular formula is C44H40BNO2. The molecule has 1 N–H and O–H groups in total. The van der Waals surface area contributed by atoms with Crippen molar-refractivity contribution in [2.24, 2.45) is 0 Å². The van der Waals surface area contributed by atoms with Crippen molar-refractivity contribution < 1.29 is 9.76 Å². The minimum atomic E-state index is -0.958. The molecule has 0 aliphatic carbocycles. The van der Waals surface area contributed by atoms with Gasteiger partial charge < -0.3 is 14.7 Å². The van der Waals surface area contributed by atoms with Gasteiger partial charge in [0.1, 0.15) is 0 Å². The number of hydrogen-bond acceptors (Lipinski definition) is 3. The predicted molar refractivity (Wildman–Crippen MR) is 205 cm³/mol. The van der Waals surface area contributed by atoms with Gasteiger partial charge in [-0.1, -0.05) is 127 Å². The van der Waals surface area contributed by atoms with Crippen LogP contribution >= 0.6 is 0 Å². The van der Waals surface area contributed by atoms with Gasteiger partial charge in [0.05, 0.1) is 11.2 Å². The van der Waals surface area contributed by atoms with Crippen molar-refractivity contribution in [2.45, 2.75) is 38.9 Å². The van der Waals surface area contributed by atoms with Crippen LogP contribution in [0.4, 0.5) is 17.1 Å². The topological polar surface area (TPSA) is 32.7 Å². The summed E-state index contributed by atoms with van der Waals surface area (Å²) < 4.78 is 6.16. The monoisotopic (exact) mass is 625 g/mol. The molecule has 0 amide bonds. The minimum absolute atomic E-state index is 0.413. The lowest BCUT2D eigenvalue weighted by Gasteiger charge is -2.37. The molecule has 7 aromatic carbocycles. The van der Waals surface area contributed by atoms with Crippen molar-refractivity contribution >= 4 is 51.6 Å². The zero-order valence-corrected chi connectivity index (χ0v) is 28.0. The van der Waals surface area contributed by atoms with Crippen LogP contribution in [0.1, 0.15) is 27.7 Å². The molecule has 0 spiro atoms. The first-order valence-electron chi connectivity index (χ1n) is 16.6. The molecule has 0 heterocycles. The summed E-state index contributed by atoms with van der Waals surface area (Å²) in [5.74, 6) is 0. The molecule has 48 heavy (non-hydrogen) atoms. The van der Waals surface area contributed by atoms with E-state index in [4.69, 9.17) is 4.65 Å². The fourth-order valence-corrected chi connectivity index (χ4v) is 6.16. The third-order valence-electron chi connectivity index (χ3n) is 9.72. The fraction of sp³-hybridized carbons (Fsp3) is 0.136. The molecule has 0 bridgehead atoms. The maximum Gasteiger partial charge on any atom is 0.309 e. The molecule has 7 rings (SSSR count). The molecular weight excluding hydrogens is 585 g/mol. The summed E-state index contributed by atoms with van der Waals surface area (Å²) in [7, 11) is 0.413. The second-order valence-corrected chi connectivity index (χ2v) is 13.5. The SMILES string of the molecule is CC(C)(O)C(C)(C)OBc1ccc(N(c2ccc(-c3cccc4ccccc34)cc2)c2ccc(-c3cccc4ccccc34)cc2)cc1. The maximum absolute atomic E-state index is 10.5. The molecule has 3 nitrogen and oxygen atoms in total. The Kier molecular flexibility index (Phi) is 8.39. The van der Waals surface area contributed by atoms with Gasteiger partial charge in [-0.25, -0.2) is 0 Å². The molecule has 0 saturated carbocycles. The van der Waals surface area contributed by atoms with Crippen molar-refractivity contribution in [3.8, 4) is 22.3 Å². The number of nitrogens with zero attached hydrogens (tertiary/aromatic N) is 1. The van der Waals surface area contributed by atoms with Crippen LogP contribution in [0.2, 0.25) is 0 Å². The molecule has 0 aliphatic heterocycles. The van der Waals surface area contributed by atoms with Crippen LogP contribution in [0.5, 0.6) is 0 Å². The summed E-state index contributed by atoms with van der Waals surface area (Å²) in [6.45, 7) is 7.41. The Labute approximate surface area is 284 Å². The number of fused-ring (bicyclic) bond motifs is 2. The van der Waals surface area contributed by atoms with Crippen LogP contribution in [0.3, 0.4) is 0 Å². The predicted octanol–water partition coefficient (Wildman–Crippen LogP) is 10.3. The van der Waals surface area contributed by atoms with Crippen LogP contribution in [0, 0.1) is 0 Å². The first-order chi connectivity index (χ1) is 23.2. The van der Waals surface area contributed by atoms with Gasteiger partial charge in [-0.05, 0) is 108 Å². The lowest BCUT2D eigenvalue weighted by Crippen LogP contribution is -2.49. The van der Waals surface area contributed by atoms with Crippen LogP contribution in [0.15, 0.2) is 158 Å². The molecule has 0 radical (unpaired) electrons. The van der Waals surface area contributed by atoms with Crippen molar-refractivity contribution in [1.29, 1.82) is 0 Å². The number of aliphatic hydroxyl groups is 1. The second kappa shape index (κ2) is 12.8. The molecule has 0 fully saturated rings. The zero-order chi connectivity index (χ0) is 33.3. The molecule has 236 valence electrons. The number of benzene rings is 7. The van der Waals surface area contributed by atoms with E-state index in [9.17, 15) is 5.11 Å². The van der Waals surface area contributed by atoms with E-state index in [-0.39, 0.29) is 0 Å². The van der Waals surface area contributed by atoms with E-state index >= 15 is 0 Å². The van der Waals surface area contributed by atoms with Gasteiger partial charge in [0.2, 0.25) is 0 Å². The average Bonchev–Trinajstić information content (AvgIpc) is 3.11. The summed E-state index contributed by atoms with van der Waals surface area (Å²) in [6.07, 6.45) is 0. The zero-order valence-electron chi connectivity index (χ0n) is 28.0. The van der Waals surface area contributed by atoms with Gasteiger partial charge in [0.25, 0.3) is 0 Å². The van der Waals surface area contributed by atoms with Gasteiger partial charge in [-0.3, -0.25) is 0 Å². The lowest BCUT2D eigenvalue weighted by atomic mass is 9.82. The highest BCUT2D eigenvalue weighted by atomic mass is 16.5. The first kappa shape index (κ1) is 31.4. The Hall–Kier alpha value is -5.16. The molecule has 4 heteroatoms. The number of rotatable bonds is 9. The number of anilines is 3. The standard InChI is InChI=1S/C44H40BNO2/c1-43(2,47)44(3,4)48-45-35-23-29-38(30-24-35)46(36-25-19-33(20-26-36)41-17-9-13-31-11-5-7-15-39(31)41)37-27-21-34(22-28-37)42-18-10-14-32-12-6-8-16-40(32)42/h5-30,45,47H,1-4H3. The lowest BCUT2D eigenvalue weighted by molar-refractivity contribution is -0.0893. The summed E-state index contributed by atoms with van der Waals surface area (Å²) in [5, 5.41) is 15.5. The van der Waals surface area contributed by atoms with E-state index in [1.807, 2.05) is 13.8 Å². The highest BCUT2D eigenvalue weighted by Crippen LogP contribution is 2.38. The van der Waals surface area contributed by atoms with E-state index < -0.39 is 11.2 Å². The summed E-state index contributed by atoms with van der Waals surface area (Å²) >= 11 is 0. The maximum atomic E-state index is 10.5. The molecule has 0 aliphatic rings. The quantitative estimate of drug-likeness (QED) is 0.162. The Bertz CT molecular complexity index is 2050. The van der Waals surface area contributed by atoms with E-state index in [0.29, 0.717) is 7.48 Å². The number of hydrogen-bond donors (Lipinski definition) is 1. The summed E-state index contributed by atoms with van der Waals surface area (Å²) in [5.41, 5.74) is 7.42. The van der Waals surface area contributed by atoms with Crippen LogP contribution in [0.25, 0.3) is 43.8 Å². The fourth-order valence-electron chi connectivity index (χ4n) is 6.16. The Morgan fingerprint density at radius 3 is 1.31 bits per heavy atom. The summed E-state index contributed by atoms with van der Waals surface area (Å²) in [4.78, 5) is 2.30. The van der Waals surface area contributed by atoms with Gasteiger partial charge >= 0.3 is 7.48 Å². The third kappa shape index (κ3) is 6.25. The normalized spacial score (nSPS) is 11.9. The average molecular weight is 626 g/mol. The third-order valence-corrected chi connectivity index (χ3v) is 9.72. The van der Waals surface area contributed by atoms with E-state index in [0.717, 1.165) is 22.5 Å².